The van der Waals surface area contributed by atoms with Crippen molar-refractivity contribution >= 4 is 0 Å². The van der Waals surface area contributed by atoms with Crippen LogP contribution in [0.3, 0.4) is 0 Å². The van der Waals surface area contributed by atoms with Crippen molar-refractivity contribution in [1.82, 2.24) is 9.97 Å². The van der Waals surface area contributed by atoms with E-state index in [1.165, 1.54) is 46.7 Å². The Morgan fingerprint density at radius 3 is 1.52 bits per heavy atom. The van der Waals surface area contributed by atoms with Crippen molar-refractivity contribution in [1.29, 1.82) is 0 Å². The minimum atomic E-state index is -0.154. The molecule has 0 N–H and O–H groups in total. The molecular formula is C27H34N2. The molecule has 2 heterocycles. The molecule has 152 valence electrons. The van der Waals surface area contributed by atoms with E-state index in [9.17, 15) is 0 Å². The van der Waals surface area contributed by atoms with Gasteiger partial charge in [0.05, 0.1) is 11.4 Å². The van der Waals surface area contributed by atoms with E-state index in [0.29, 0.717) is 22.7 Å². The molecule has 8 rings (SSSR count). The lowest BCUT2D eigenvalue weighted by Crippen LogP contribution is -2.48. The minimum absolute atomic E-state index is 0.154. The lowest BCUT2D eigenvalue weighted by molar-refractivity contribution is 0.0166. The first-order valence-corrected chi connectivity index (χ1v) is 11.6. The summed E-state index contributed by atoms with van der Waals surface area (Å²) in [5, 5.41) is 0. The lowest BCUT2D eigenvalue weighted by Gasteiger charge is -2.57. The van der Waals surface area contributed by atoms with Crippen molar-refractivity contribution < 1.29 is 0 Å². The molecule has 0 amide bonds. The van der Waals surface area contributed by atoms with Crippen molar-refractivity contribution in [3.05, 3.63) is 58.2 Å². The zero-order valence-electron chi connectivity index (χ0n) is 18.8. The fourth-order valence-corrected chi connectivity index (χ4v) is 7.06. The minimum Gasteiger partial charge on any atom is -0.257 e. The average Bonchev–Trinajstić information content (AvgIpc) is 2.71. The third-order valence-corrected chi connectivity index (χ3v) is 9.87. The first-order valence-electron chi connectivity index (χ1n) is 11.6. The number of hydrogen-bond donors (Lipinski definition) is 0. The third-order valence-electron chi connectivity index (χ3n) is 9.87. The molecule has 6 aliphatic carbocycles. The Kier molecular flexibility index (Phi) is 3.31. The van der Waals surface area contributed by atoms with Gasteiger partial charge in [0.2, 0.25) is 0 Å². The third kappa shape index (κ3) is 2.19. The molecule has 6 aliphatic rings. The summed E-state index contributed by atoms with van der Waals surface area (Å²) in [7, 11) is 0. The van der Waals surface area contributed by atoms with Crippen molar-refractivity contribution in [2.75, 3.05) is 0 Å². The molecule has 0 unspecified atom stereocenters. The highest BCUT2D eigenvalue weighted by Gasteiger charge is 2.54. The van der Waals surface area contributed by atoms with E-state index in [4.69, 9.17) is 9.97 Å². The van der Waals surface area contributed by atoms with Gasteiger partial charge in [0.1, 0.15) is 0 Å². The monoisotopic (exact) mass is 386 g/mol. The first-order chi connectivity index (χ1) is 13.6. The SMILES string of the molecule is CC(C)(c1ccc2c(n1)C[C@@H]1C[C@H]2C1(C)C)c1ccc2c(n1)C[C@@H]1C[C@H]2C1(C)C. The van der Waals surface area contributed by atoms with Crippen LogP contribution in [-0.4, -0.2) is 9.97 Å². The molecule has 29 heavy (non-hydrogen) atoms. The van der Waals surface area contributed by atoms with E-state index in [-0.39, 0.29) is 5.41 Å². The maximum Gasteiger partial charge on any atom is 0.0523 e. The zero-order valence-corrected chi connectivity index (χ0v) is 18.8. The van der Waals surface area contributed by atoms with E-state index in [1.54, 1.807) is 0 Å². The van der Waals surface area contributed by atoms with Gasteiger partial charge in [-0.15, -0.1) is 0 Å². The van der Waals surface area contributed by atoms with Crippen molar-refractivity contribution in [2.45, 2.75) is 84.5 Å². The van der Waals surface area contributed by atoms with Crippen molar-refractivity contribution in [2.24, 2.45) is 22.7 Å². The van der Waals surface area contributed by atoms with E-state index < -0.39 is 0 Å². The van der Waals surface area contributed by atoms with Gasteiger partial charge in [0, 0.05) is 16.8 Å². The number of pyridine rings is 2. The highest BCUT2D eigenvalue weighted by molar-refractivity contribution is 5.42. The summed E-state index contributed by atoms with van der Waals surface area (Å²) in [6.45, 7) is 14.4. The normalized spacial score (nSPS) is 32.5. The highest BCUT2D eigenvalue weighted by Crippen LogP contribution is 2.63. The van der Waals surface area contributed by atoms with Crippen LogP contribution in [0, 0.1) is 22.7 Å². The van der Waals surface area contributed by atoms with Gasteiger partial charge in [-0.1, -0.05) is 39.8 Å². The van der Waals surface area contributed by atoms with Gasteiger partial charge in [0.15, 0.2) is 0 Å². The van der Waals surface area contributed by atoms with E-state index in [0.717, 1.165) is 24.7 Å². The van der Waals surface area contributed by atoms with E-state index in [1.807, 2.05) is 0 Å². The van der Waals surface area contributed by atoms with Crippen LogP contribution in [0.2, 0.25) is 0 Å². The second-order valence-electron chi connectivity index (χ2n) is 12.1. The predicted octanol–water partition coefficient (Wildman–Crippen LogP) is 6.17. The Balaban J connectivity index is 1.36. The smallest absolute Gasteiger partial charge is 0.0523 e. The van der Waals surface area contributed by atoms with Gasteiger partial charge in [-0.05, 0) is 97.3 Å². The molecule has 2 nitrogen and oxygen atoms in total. The lowest BCUT2D eigenvalue weighted by atomic mass is 9.48. The van der Waals surface area contributed by atoms with Crippen LogP contribution in [0.1, 0.15) is 100 Å². The molecule has 0 aliphatic heterocycles. The topological polar surface area (TPSA) is 25.8 Å². The van der Waals surface area contributed by atoms with Gasteiger partial charge in [-0.3, -0.25) is 9.97 Å². The Morgan fingerprint density at radius 2 is 1.14 bits per heavy atom. The van der Waals surface area contributed by atoms with Crippen LogP contribution in [0.5, 0.6) is 0 Å². The van der Waals surface area contributed by atoms with Crippen LogP contribution in [0.25, 0.3) is 0 Å². The van der Waals surface area contributed by atoms with E-state index >= 15 is 0 Å². The molecule has 0 saturated heterocycles. The van der Waals surface area contributed by atoms with Crippen LogP contribution >= 0.6 is 0 Å². The molecule has 2 aromatic heterocycles. The molecule has 4 bridgehead atoms. The molecule has 2 heteroatoms. The molecule has 2 saturated carbocycles. The summed E-state index contributed by atoms with van der Waals surface area (Å²) in [6.07, 6.45) is 5.02. The molecular weight excluding hydrogens is 352 g/mol. The number of hydrogen-bond acceptors (Lipinski definition) is 2. The second kappa shape index (κ2) is 5.31. The molecule has 0 radical (unpaired) electrons. The number of rotatable bonds is 2. The summed E-state index contributed by atoms with van der Waals surface area (Å²) < 4.78 is 0. The first kappa shape index (κ1) is 18.1. The summed E-state index contributed by atoms with van der Waals surface area (Å²) in [6, 6.07) is 9.35. The quantitative estimate of drug-likeness (QED) is 0.616. The Labute approximate surface area is 175 Å². The van der Waals surface area contributed by atoms with Crippen LogP contribution in [0.4, 0.5) is 0 Å². The number of aromatic nitrogens is 2. The standard InChI is InChI=1S/C27H34N2/c1-25(2)15-11-19(25)17-7-9-23(28-21(17)13-15)27(5,6)24-10-8-18-20-12-16(26(20,3)4)14-22(18)29-24/h7-10,15-16,19-20H,11-14H2,1-6H3/t15-,16-,19+,20+/m0/s1. The van der Waals surface area contributed by atoms with Gasteiger partial charge in [0.25, 0.3) is 0 Å². The molecule has 4 atom stereocenters. The van der Waals surface area contributed by atoms with Crippen molar-refractivity contribution in [3.8, 4) is 0 Å². The van der Waals surface area contributed by atoms with E-state index in [2.05, 4.69) is 65.8 Å². The number of nitrogens with zero attached hydrogens (tertiary/aromatic N) is 2. The maximum absolute atomic E-state index is 5.23. The van der Waals surface area contributed by atoms with Gasteiger partial charge >= 0.3 is 0 Å². The molecule has 0 aromatic carbocycles. The van der Waals surface area contributed by atoms with Crippen LogP contribution in [0.15, 0.2) is 24.3 Å². The summed E-state index contributed by atoms with van der Waals surface area (Å²) in [4.78, 5) is 10.5. The highest BCUT2D eigenvalue weighted by atomic mass is 14.8. The fourth-order valence-electron chi connectivity index (χ4n) is 7.06. The summed E-state index contributed by atoms with van der Waals surface area (Å²) >= 11 is 0. The summed E-state index contributed by atoms with van der Waals surface area (Å²) in [5.74, 6) is 3.03. The maximum atomic E-state index is 5.23. The van der Waals surface area contributed by atoms with Crippen molar-refractivity contribution in [3.63, 3.8) is 0 Å². The molecule has 0 spiro atoms. The van der Waals surface area contributed by atoms with Gasteiger partial charge < -0.3 is 0 Å². The Hall–Kier alpha value is -1.70. The van der Waals surface area contributed by atoms with Crippen LogP contribution < -0.4 is 0 Å². The predicted molar refractivity (Wildman–Crippen MR) is 117 cm³/mol. The Morgan fingerprint density at radius 1 is 0.724 bits per heavy atom. The molecule has 2 fully saturated rings. The summed E-state index contributed by atoms with van der Waals surface area (Å²) in [5.41, 5.74) is 8.87. The second-order valence-corrected chi connectivity index (χ2v) is 12.1. The molecule has 2 aromatic rings. The van der Waals surface area contributed by atoms with Crippen LogP contribution in [-0.2, 0) is 18.3 Å². The average molecular weight is 387 g/mol. The van der Waals surface area contributed by atoms with Gasteiger partial charge in [-0.2, -0.15) is 0 Å². The fraction of sp³-hybridized carbons (Fsp3) is 0.630. The zero-order chi connectivity index (χ0) is 20.3. The van der Waals surface area contributed by atoms with Gasteiger partial charge in [-0.25, -0.2) is 0 Å². The Bertz CT molecular complexity index is 947. The largest absolute Gasteiger partial charge is 0.257 e.